The van der Waals surface area contributed by atoms with Gasteiger partial charge in [0.15, 0.2) is 6.61 Å². The van der Waals surface area contributed by atoms with Crippen molar-refractivity contribution in [2.24, 2.45) is 0 Å². The first-order chi connectivity index (χ1) is 13.3. The number of hydrogen-bond acceptors (Lipinski definition) is 3. The molecule has 7 heteroatoms. The summed E-state index contributed by atoms with van der Waals surface area (Å²) in [4.78, 5) is 26.9. The molecule has 0 saturated carbocycles. The Balaban J connectivity index is 2.15. The van der Waals surface area contributed by atoms with E-state index < -0.39 is 6.04 Å². The minimum Gasteiger partial charge on any atom is -0.482 e. The third kappa shape index (κ3) is 6.53. The molecule has 0 aliphatic heterocycles. The van der Waals surface area contributed by atoms with Crippen LogP contribution >= 0.6 is 27.5 Å². The predicted molar refractivity (Wildman–Crippen MR) is 114 cm³/mol. The van der Waals surface area contributed by atoms with E-state index in [2.05, 4.69) is 21.2 Å². The van der Waals surface area contributed by atoms with E-state index in [9.17, 15) is 9.59 Å². The SMILES string of the molecule is CC(C)NC(=O)[C@@H](C)N(Cc1ccc(Br)cc1)C(=O)COc1ccccc1Cl. The van der Waals surface area contributed by atoms with Crippen molar-refractivity contribution in [1.29, 1.82) is 0 Å². The van der Waals surface area contributed by atoms with Crippen LogP contribution in [0.1, 0.15) is 26.3 Å². The first-order valence-electron chi connectivity index (χ1n) is 8.99. The van der Waals surface area contributed by atoms with E-state index in [1.165, 1.54) is 4.90 Å². The van der Waals surface area contributed by atoms with Gasteiger partial charge in [-0.15, -0.1) is 0 Å². The molecule has 0 radical (unpaired) electrons. The molecule has 0 aromatic heterocycles. The van der Waals surface area contributed by atoms with Gasteiger partial charge < -0.3 is 15.0 Å². The highest BCUT2D eigenvalue weighted by molar-refractivity contribution is 9.10. The lowest BCUT2D eigenvalue weighted by Gasteiger charge is -2.29. The second-order valence-electron chi connectivity index (χ2n) is 6.71. The first kappa shape index (κ1) is 22.2. The number of amides is 2. The highest BCUT2D eigenvalue weighted by Gasteiger charge is 2.27. The summed E-state index contributed by atoms with van der Waals surface area (Å²) in [6.45, 7) is 5.56. The fourth-order valence-electron chi connectivity index (χ4n) is 2.56. The molecular weight excluding hydrogens is 444 g/mol. The fraction of sp³-hybridized carbons (Fsp3) is 0.333. The number of nitrogens with one attached hydrogen (secondary N) is 1. The summed E-state index contributed by atoms with van der Waals surface area (Å²) in [6.07, 6.45) is 0. The van der Waals surface area contributed by atoms with Crippen LogP contribution in [0, 0.1) is 0 Å². The van der Waals surface area contributed by atoms with Gasteiger partial charge in [0.05, 0.1) is 5.02 Å². The number of ether oxygens (including phenoxy) is 1. The largest absolute Gasteiger partial charge is 0.482 e. The normalized spacial score (nSPS) is 11.8. The monoisotopic (exact) mass is 466 g/mol. The van der Waals surface area contributed by atoms with Crippen LogP contribution in [0.25, 0.3) is 0 Å². The van der Waals surface area contributed by atoms with E-state index in [-0.39, 0.29) is 24.5 Å². The van der Waals surface area contributed by atoms with Gasteiger partial charge in [-0.25, -0.2) is 0 Å². The quantitative estimate of drug-likeness (QED) is 0.625. The molecular formula is C21H24BrClN2O3. The van der Waals surface area contributed by atoms with E-state index in [0.717, 1.165) is 10.0 Å². The van der Waals surface area contributed by atoms with Crippen molar-refractivity contribution in [3.63, 3.8) is 0 Å². The Morgan fingerprint density at radius 2 is 1.75 bits per heavy atom. The van der Waals surface area contributed by atoms with Gasteiger partial charge in [-0.05, 0) is 50.6 Å². The second kappa shape index (κ2) is 10.5. The molecule has 0 spiro atoms. The molecule has 0 heterocycles. The lowest BCUT2D eigenvalue weighted by atomic mass is 10.1. The molecule has 2 amide bonds. The van der Waals surface area contributed by atoms with Gasteiger partial charge in [0.2, 0.25) is 5.91 Å². The number of benzene rings is 2. The Morgan fingerprint density at radius 1 is 1.11 bits per heavy atom. The molecule has 0 fully saturated rings. The molecule has 5 nitrogen and oxygen atoms in total. The van der Waals surface area contributed by atoms with Gasteiger partial charge in [0, 0.05) is 17.1 Å². The summed E-state index contributed by atoms with van der Waals surface area (Å²) in [5.41, 5.74) is 0.915. The summed E-state index contributed by atoms with van der Waals surface area (Å²) < 4.78 is 6.53. The van der Waals surface area contributed by atoms with Crippen LogP contribution in [-0.2, 0) is 16.1 Å². The van der Waals surface area contributed by atoms with Crippen molar-refractivity contribution in [2.45, 2.75) is 39.4 Å². The number of rotatable bonds is 8. The molecule has 1 N–H and O–H groups in total. The standard InChI is InChI=1S/C21H24BrClN2O3/c1-14(2)24-21(27)15(3)25(12-16-8-10-17(22)11-9-16)20(26)13-28-19-7-5-4-6-18(19)23/h4-11,14-15H,12-13H2,1-3H3,(H,24,27)/t15-/m1/s1. The predicted octanol–water partition coefficient (Wildman–Crippen LogP) is 4.42. The van der Waals surface area contributed by atoms with Crippen LogP contribution in [-0.4, -0.2) is 35.4 Å². The Morgan fingerprint density at radius 3 is 2.36 bits per heavy atom. The molecule has 1 atom stereocenters. The number of halogens is 2. The fourth-order valence-corrected chi connectivity index (χ4v) is 3.01. The summed E-state index contributed by atoms with van der Waals surface area (Å²) in [7, 11) is 0. The average molecular weight is 468 g/mol. The zero-order valence-corrected chi connectivity index (χ0v) is 18.5. The van der Waals surface area contributed by atoms with Crippen molar-refractivity contribution in [3.05, 3.63) is 63.6 Å². The molecule has 2 rings (SSSR count). The topological polar surface area (TPSA) is 58.6 Å². The third-order valence-corrected chi connectivity index (χ3v) is 4.89. The van der Waals surface area contributed by atoms with Gasteiger partial charge in [0.25, 0.3) is 5.91 Å². The molecule has 0 aliphatic rings. The highest BCUT2D eigenvalue weighted by atomic mass is 79.9. The lowest BCUT2D eigenvalue weighted by Crippen LogP contribution is -2.50. The van der Waals surface area contributed by atoms with Crippen LogP contribution in [0.5, 0.6) is 5.75 Å². The molecule has 0 saturated heterocycles. The van der Waals surface area contributed by atoms with E-state index in [4.69, 9.17) is 16.3 Å². The highest BCUT2D eigenvalue weighted by Crippen LogP contribution is 2.23. The molecule has 2 aromatic rings. The zero-order valence-electron chi connectivity index (χ0n) is 16.1. The summed E-state index contributed by atoms with van der Waals surface area (Å²) >= 11 is 9.48. The van der Waals surface area contributed by atoms with Crippen molar-refractivity contribution in [2.75, 3.05) is 6.61 Å². The van der Waals surface area contributed by atoms with Crippen LogP contribution in [0.4, 0.5) is 0 Å². The molecule has 0 aliphatic carbocycles. The summed E-state index contributed by atoms with van der Waals surface area (Å²) in [5, 5.41) is 3.28. The Bertz CT molecular complexity index is 812. The minimum absolute atomic E-state index is 0.0149. The average Bonchev–Trinajstić information content (AvgIpc) is 2.65. The van der Waals surface area contributed by atoms with Crippen LogP contribution in [0.3, 0.4) is 0 Å². The number of para-hydroxylation sites is 1. The lowest BCUT2D eigenvalue weighted by molar-refractivity contribution is -0.142. The third-order valence-electron chi connectivity index (χ3n) is 4.05. The van der Waals surface area contributed by atoms with Gasteiger partial charge in [-0.2, -0.15) is 0 Å². The minimum atomic E-state index is -0.645. The molecule has 0 bridgehead atoms. The Labute approximate surface area is 179 Å². The van der Waals surface area contributed by atoms with E-state index >= 15 is 0 Å². The van der Waals surface area contributed by atoms with E-state index in [0.29, 0.717) is 17.3 Å². The molecule has 2 aromatic carbocycles. The van der Waals surface area contributed by atoms with Crippen molar-refractivity contribution in [3.8, 4) is 5.75 Å². The molecule has 0 unspecified atom stereocenters. The van der Waals surface area contributed by atoms with Crippen molar-refractivity contribution < 1.29 is 14.3 Å². The first-order valence-corrected chi connectivity index (χ1v) is 10.2. The maximum Gasteiger partial charge on any atom is 0.261 e. The Kier molecular flexibility index (Phi) is 8.33. The van der Waals surface area contributed by atoms with Crippen molar-refractivity contribution >= 4 is 39.3 Å². The van der Waals surface area contributed by atoms with Gasteiger partial charge >= 0.3 is 0 Å². The Hall–Kier alpha value is -2.05. The maximum atomic E-state index is 12.9. The van der Waals surface area contributed by atoms with Crippen LogP contribution < -0.4 is 10.1 Å². The van der Waals surface area contributed by atoms with Crippen LogP contribution in [0.2, 0.25) is 5.02 Å². The van der Waals surface area contributed by atoms with Gasteiger partial charge in [0.1, 0.15) is 11.8 Å². The van der Waals surface area contributed by atoms with E-state index in [1.807, 2.05) is 38.1 Å². The molecule has 28 heavy (non-hydrogen) atoms. The number of carbonyl (C=O) groups excluding carboxylic acids is 2. The molecule has 150 valence electrons. The number of nitrogens with zero attached hydrogens (tertiary/aromatic N) is 1. The second-order valence-corrected chi connectivity index (χ2v) is 8.03. The smallest absolute Gasteiger partial charge is 0.261 e. The number of hydrogen-bond donors (Lipinski definition) is 1. The number of carbonyl (C=O) groups is 2. The zero-order chi connectivity index (χ0) is 20.7. The summed E-state index contributed by atoms with van der Waals surface area (Å²) in [6, 6.07) is 13.9. The summed E-state index contributed by atoms with van der Waals surface area (Å²) in [5.74, 6) is -0.0761. The maximum absolute atomic E-state index is 12.9. The van der Waals surface area contributed by atoms with Crippen LogP contribution in [0.15, 0.2) is 53.0 Å². The van der Waals surface area contributed by atoms with Gasteiger partial charge in [-0.3, -0.25) is 9.59 Å². The van der Waals surface area contributed by atoms with Crippen molar-refractivity contribution in [1.82, 2.24) is 10.2 Å². The van der Waals surface area contributed by atoms with Gasteiger partial charge in [-0.1, -0.05) is 51.8 Å². The van der Waals surface area contributed by atoms with E-state index in [1.54, 1.807) is 31.2 Å².